The minimum Gasteiger partial charge on any atom is -0.379 e. The molecular weight excluding hydrogens is 210 g/mol. The molecule has 0 bridgehead atoms. The minimum absolute atomic E-state index is 0.613. The van der Waals surface area contributed by atoms with Crippen LogP contribution in [-0.2, 0) is 11.2 Å². The van der Waals surface area contributed by atoms with Crippen LogP contribution in [-0.4, -0.2) is 26.3 Å². The Morgan fingerprint density at radius 1 is 1.35 bits per heavy atom. The maximum Gasteiger partial charge on any atom is 0.0591 e. The van der Waals surface area contributed by atoms with E-state index in [1.165, 1.54) is 30.4 Å². The second-order valence-corrected chi connectivity index (χ2v) is 4.72. The summed E-state index contributed by atoms with van der Waals surface area (Å²) in [6, 6.07) is 8.83. The summed E-state index contributed by atoms with van der Waals surface area (Å²) >= 11 is 0. The van der Waals surface area contributed by atoms with Gasteiger partial charge < -0.3 is 10.1 Å². The molecule has 94 valence electrons. The van der Waals surface area contributed by atoms with Crippen molar-refractivity contribution < 1.29 is 4.74 Å². The third kappa shape index (κ3) is 3.55. The quantitative estimate of drug-likeness (QED) is 0.763. The molecule has 0 saturated carbocycles. The molecule has 0 saturated heterocycles. The Morgan fingerprint density at radius 2 is 2.24 bits per heavy atom. The van der Waals surface area contributed by atoms with Crippen molar-refractivity contribution >= 4 is 0 Å². The van der Waals surface area contributed by atoms with Crippen molar-refractivity contribution in [3.63, 3.8) is 0 Å². The second-order valence-electron chi connectivity index (χ2n) is 4.72. The van der Waals surface area contributed by atoms with Gasteiger partial charge >= 0.3 is 0 Å². The second kappa shape index (κ2) is 6.77. The van der Waals surface area contributed by atoms with Crippen LogP contribution in [0, 0.1) is 0 Å². The monoisotopic (exact) mass is 233 g/mol. The average molecular weight is 233 g/mol. The lowest BCUT2D eigenvalue weighted by atomic mass is 9.83. The Kier molecular flexibility index (Phi) is 5.02. The van der Waals surface area contributed by atoms with Crippen LogP contribution < -0.4 is 5.32 Å². The highest BCUT2D eigenvalue weighted by Gasteiger charge is 2.19. The van der Waals surface area contributed by atoms with E-state index in [0.717, 1.165) is 26.3 Å². The summed E-state index contributed by atoms with van der Waals surface area (Å²) in [6.45, 7) is 5.81. The predicted molar refractivity (Wildman–Crippen MR) is 71.5 cm³/mol. The molecule has 2 rings (SSSR count). The van der Waals surface area contributed by atoms with Gasteiger partial charge in [-0.1, -0.05) is 31.2 Å². The number of ether oxygens (including phenoxy) is 1. The van der Waals surface area contributed by atoms with Crippen LogP contribution in [0.25, 0.3) is 0 Å². The number of fused-ring (bicyclic) bond motifs is 1. The SMILES string of the molecule is CCNCCOCC1CCCc2ccccc21. The van der Waals surface area contributed by atoms with Crippen LogP contribution in [0.3, 0.4) is 0 Å². The molecule has 0 aliphatic heterocycles. The zero-order valence-corrected chi connectivity index (χ0v) is 10.7. The van der Waals surface area contributed by atoms with E-state index in [1.54, 1.807) is 0 Å². The van der Waals surface area contributed by atoms with Crippen LogP contribution in [0.15, 0.2) is 24.3 Å². The lowest BCUT2D eigenvalue weighted by Crippen LogP contribution is -2.21. The summed E-state index contributed by atoms with van der Waals surface area (Å²) < 4.78 is 5.77. The molecule has 1 atom stereocenters. The Morgan fingerprint density at radius 3 is 3.12 bits per heavy atom. The molecule has 1 aliphatic rings. The van der Waals surface area contributed by atoms with Gasteiger partial charge in [-0.25, -0.2) is 0 Å². The van der Waals surface area contributed by atoms with Gasteiger partial charge in [0.05, 0.1) is 13.2 Å². The molecule has 17 heavy (non-hydrogen) atoms. The summed E-state index contributed by atoms with van der Waals surface area (Å²) in [6.07, 6.45) is 3.82. The lowest BCUT2D eigenvalue weighted by Gasteiger charge is -2.25. The van der Waals surface area contributed by atoms with Gasteiger partial charge in [0.15, 0.2) is 0 Å². The number of hydrogen-bond donors (Lipinski definition) is 1. The van der Waals surface area contributed by atoms with Crippen LogP contribution in [0.1, 0.15) is 36.8 Å². The summed E-state index contributed by atoms with van der Waals surface area (Å²) in [4.78, 5) is 0. The molecule has 0 spiro atoms. The molecule has 0 radical (unpaired) electrons. The summed E-state index contributed by atoms with van der Waals surface area (Å²) in [5, 5.41) is 3.28. The third-order valence-electron chi connectivity index (χ3n) is 3.49. The van der Waals surface area contributed by atoms with Gasteiger partial charge in [0.1, 0.15) is 0 Å². The maximum atomic E-state index is 5.77. The first-order chi connectivity index (χ1) is 8.42. The first-order valence-electron chi connectivity index (χ1n) is 6.78. The van der Waals surface area contributed by atoms with E-state index in [1.807, 2.05) is 0 Å². The van der Waals surface area contributed by atoms with Crippen LogP contribution >= 0.6 is 0 Å². The third-order valence-corrected chi connectivity index (χ3v) is 3.49. The molecule has 1 aromatic rings. The van der Waals surface area contributed by atoms with Crippen LogP contribution in [0.5, 0.6) is 0 Å². The maximum absolute atomic E-state index is 5.77. The topological polar surface area (TPSA) is 21.3 Å². The Balaban J connectivity index is 1.82. The van der Waals surface area contributed by atoms with Crippen molar-refractivity contribution in [2.45, 2.75) is 32.1 Å². The van der Waals surface area contributed by atoms with E-state index in [4.69, 9.17) is 4.74 Å². The standard InChI is InChI=1S/C15H23NO/c1-2-16-10-11-17-12-14-8-5-7-13-6-3-4-9-15(13)14/h3-4,6,9,14,16H,2,5,7-8,10-12H2,1H3. The van der Waals surface area contributed by atoms with Gasteiger partial charge in [-0.3, -0.25) is 0 Å². The van der Waals surface area contributed by atoms with Crippen LogP contribution in [0.2, 0.25) is 0 Å². The molecule has 1 unspecified atom stereocenters. The molecule has 0 amide bonds. The van der Waals surface area contributed by atoms with Crippen molar-refractivity contribution in [2.75, 3.05) is 26.3 Å². The first kappa shape index (κ1) is 12.6. The van der Waals surface area contributed by atoms with Crippen LogP contribution in [0.4, 0.5) is 0 Å². The van der Waals surface area contributed by atoms with Crippen molar-refractivity contribution in [1.29, 1.82) is 0 Å². The lowest BCUT2D eigenvalue weighted by molar-refractivity contribution is 0.117. The van der Waals surface area contributed by atoms with Gasteiger partial charge in [-0.05, 0) is 36.9 Å². The Labute approximate surface area is 104 Å². The van der Waals surface area contributed by atoms with Gasteiger partial charge in [0.25, 0.3) is 0 Å². The van der Waals surface area contributed by atoms with E-state index in [0.29, 0.717) is 5.92 Å². The smallest absolute Gasteiger partial charge is 0.0591 e. The molecule has 1 aliphatic carbocycles. The molecule has 1 N–H and O–H groups in total. The van der Waals surface area contributed by atoms with Gasteiger partial charge in [0, 0.05) is 12.5 Å². The zero-order valence-electron chi connectivity index (χ0n) is 10.7. The van der Waals surface area contributed by atoms with E-state index in [2.05, 4.69) is 36.5 Å². The fourth-order valence-corrected chi connectivity index (χ4v) is 2.57. The number of likely N-dealkylation sites (N-methyl/N-ethyl adjacent to an activating group) is 1. The Bertz CT molecular complexity index is 337. The normalized spacial score (nSPS) is 19.0. The Hall–Kier alpha value is -0.860. The van der Waals surface area contributed by atoms with Crippen molar-refractivity contribution in [3.05, 3.63) is 35.4 Å². The van der Waals surface area contributed by atoms with E-state index in [9.17, 15) is 0 Å². The first-order valence-corrected chi connectivity index (χ1v) is 6.78. The number of aryl methyl sites for hydroxylation is 1. The fraction of sp³-hybridized carbons (Fsp3) is 0.600. The minimum atomic E-state index is 0.613. The molecule has 0 aromatic heterocycles. The predicted octanol–water partition coefficient (Wildman–Crippen LogP) is 2.73. The number of benzene rings is 1. The highest BCUT2D eigenvalue weighted by molar-refractivity contribution is 5.32. The van der Waals surface area contributed by atoms with E-state index >= 15 is 0 Å². The van der Waals surface area contributed by atoms with Gasteiger partial charge in [-0.2, -0.15) is 0 Å². The summed E-state index contributed by atoms with van der Waals surface area (Å²) in [7, 11) is 0. The molecule has 1 aromatic carbocycles. The van der Waals surface area contributed by atoms with Gasteiger partial charge in [0.2, 0.25) is 0 Å². The van der Waals surface area contributed by atoms with E-state index in [-0.39, 0.29) is 0 Å². The summed E-state index contributed by atoms with van der Waals surface area (Å²) in [5.41, 5.74) is 3.04. The molecule has 2 heteroatoms. The largest absolute Gasteiger partial charge is 0.379 e. The summed E-state index contributed by atoms with van der Waals surface area (Å²) in [5.74, 6) is 0.613. The highest BCUT2D eigenvalue weighted by Crippen LogP contribution is 2.31. The molecule has 0 fully saturated rings. The van der Waals surface area contributed by atoms with E-state index < -0.39 is 0 Å². The molecule has 0 heterocycles. The zero-order chi connectivity index (χ0) is 11.9. The van der Waals surface area contributed by atoms with Crippen molar-refractivity contribution in [1.82, 2.24) is 5.32 Å². The number of rotatable bonds is 6. The molecule has 2 nitrogen and oxygen atoms in total. The number of nitrogens with one attached hydrogen (secondary N) is 1. The highest BCUT2D eigenvalue weighted by atomic mass is 16.5. The number of hydrogen-bond acceptors (Lipinski definition) is 2. The fourth-order valence-electron chi connectivity index (χ4n) is 2.57. The van der Waals surface area contributed by atoms with Crippen molar-refractivity contribution in [3.8, 4) is 0 Å². The average Bonchev–Trinajstić information content (AvgIpc) is 2.39. The van der Waals surface area contributed by atoms with Gasteiger partial charge in [-0.15, -0.1) is 0 Å². The molecular formula is C15H23NO. The van der Waals surface area contributed by atoms with Crippen molar-refractivity contribution in [2.24, 2.45) is 0 Å².